The maximum Gasteiger partial charge on any atom is 0.266 e. The second-order valence-electron chi connectivity index (χ2n) is 5.67. The topological polar surface area (TPSA) is 81.4 Å². The monoisotopic (exact) mass is 346 g/mol. The van der Waals surface area contributed by atoms with Crippen molar-refractivity contribution in [3.05, 3.63) is 45.8 Å². The lowest BCUT2D eigenvalue weighted by Crippen LogP contribution is -2.32. The number of anilines is 1. The second-order valence-corrected chi connectivity index (χ2v) is 6.89. The fourth-order valence-electron chi connectivity index (χ4n) is 2.31. The van der Waals surface area contributed by atoms with Crippen molar-refractivity contribution in [2.75, 3.05) is 5.32 Å². The molecule has 6 heteroatoms. The van der Waals surface area contributed by atoms with Crippen molar-refractivity contribution in [3.63, 3.8) is 0 Å². The molecule has 0 saturated carbocycles. The third-order valence-corrected chi connectivity index (χ3v) is 4.95. The normalized spacial score (nSPS) is 11.8. The molecule has 2 aromatic rings. The number of thiophene rings is 1. The number of primary amides is 1. The van der Waals surface area contributed by atoms with Gasteiger partial charge in [0.05, 0.1) is 5.56 Å². The lowest BCUT2D eigenvalue weighted by molar-refractivity contribution is -0.122. The van der Waals surface area contributed by atoms with E-state index in [1.54, 1.807) is 0 Å². The number of aryl methyl sites for hydroxylation is 2. The molecule has 24 heavy (non-hydrogen) atoms. The minimum Gasteiger partial charge on any atom is -0.481 e. The van der Waals surface area contributed by atoms with Gasteiger partial charge in [-0.1, -0.05) is 24.6 Å². The highest BCUT2D eigenvalue weighted by molar-refractivity contribution is 7.16. The lowest BCUT2D eigenvalue weighted by Gasteiger charge is -2.17. The van der Waals surface area contributed by atoms with Gasteiger partial charge in [-0.2, -0.15) is 0 Å². The van der Waals surface area contributed by atoms with Crippen LogP contribution in [0.15, 0.2) is 24.3 Å². The molecule has 0 bridgehead atoms. The first kappa shape index (κ1) is 18.0. The molecule has 1 heterocycles. The molecule has 1 atom stereocenters. The first-order chi connectivity index (χ1) is 11.3. The first-order valence-electron chi connectivity index (χ1n) is 7.77. The van der Waals surface area contributed by atoms with Crippen LogP contribution in [0.1, 0.15) is 39.7 Å². The van der Waals surface area contributed by atoms with E-state index in [0.29, 0.717) is 22.7 Å². The fraction of sp³-hybridized carbons (Fsp3) is 0.333. The van der Waals surface area contributed by atoms with Crippen molar-refractivity contribution in [2.24, 2.45) is 5.73 Å². The van der Waals surface area contributed by atoms with E-state index in [1.165, 1.54) is 11.3 Å². The third-order valence-electron chi connectivity index (χ3n) is 3.83. The van der Waals surface area contributed by atoms with Gasteiger partial charge in [-0.05, 0) is 44.9 Å². The summed E-state index contributed by atoms with van der Waals surface area (Å²) in [5, 5.41) is 3.27. The molecular formula is C18H22N2O3S. The number of carbonyl (C=O) groups excluding carboxylic acids is 2. The number of benzene rings is 1. The van der Waals surface area contributed by atoms with Crippen LogP contribution in [0, 0.1) is 20.8 Å². The quantitative estimate of drug-likeness (QED) is 0.839. The molecule has 2 amide bonds. The highest BCUT2D eigenvalue weighted by Gasteiger charge is 2.23. The highest BCUT2D eigenvalue weighted by Crippen LogP contribution is 2.32. The zero-order valence-electron chi connectivity index (χ0n) is 14.3. The molecule has 3 N–H and O–H groups in total. The predicted molar refractivity (Wildman–Crippen MR) is 96.8 cm³/mol. The van der Waals surface area contributed by atoms with Crippen molar-refractivity contribution in [1.29, 1.82) is 0 Å². The number of hydrogen-bond donors (Lipinski definition) is 2. The molecule has 0 saturated heterocycles. The summed E-state index contributed by atoms with van der Waals surface area (Å²) in [6.45, 7) is 7.57. The van der Waals surface area contributed by atoms with Crippen molar-refractivity contribution in [2.45, 2.75) is 40.2 Å². The van der Waals surface area contributed by atoms with Crippen LogP contribution in [0.4, 0.5) is 5.00 Å². The number of carbonyl (C=O) groups is 2. The molecule has 0 fully saturated rings. The number of rotatable bonds is 6. The molecule has 128 valence electrons. The lowest BCUT2D eigenvalue weighted by atomic mass is 10.1. The maximum atomic E-state index is 12.5. The summed E-state index contributed by atoms with van der Waals surface area (Å²) in [5.41, 5.74) is 7.73. The summed E-state index contributed by atoms with van der Waals surface area (Å²) < 4.78 is 5.77. The molecule has 1 aromatic carbocycles. The van der Waals surface area contributed by atoms with E-state index in [1.807, 2.05) is 52.0 Å². The zero-order chi connectivity index (χ0) is 17.9. The van der Waals surface area contributed by atoms with Crippen LogP contribution in [0.25, 0.3) is 0 Å². The van der Waals surface area contributed by atoms with Crippen LogP contribution in [0.5, 0.6) is 5.75 Å². The molecule has 2 rings (SSSR count). The largest absolute Gasteiger partial charge is 0.481 e. The Bertz CT molecular complexity index is 750. The Hall–Kier alpha value is -2.34. The van der Waals surface area contributed by atoms with Crippen LogP contribution < -0.4 is 15.8 Å². The highest BCUT2D eigenvalue weighted by atomic mass is 32.1. The molecule has 0 spiro atoms. The Morgan fingerprint density at radius 2 is 1.83 bits per heavy atom. The van der Waals surface area contributed by atoms with Crippen molar-refractivity contribution >= 4 is 28.2 Å². The number of ether oxygens (including phenoxy) is 1. The van der Waals surface area contributed by atoms with E-state index in [2.05, 4.69) is 5.32 Å². The van der Waals surface area contributed by atoms with Crippen LogP contribution in [0.3, 0.4) is 0 Å². The van der Waals surface area contributed by atoms with Crippen molar-refractivity contribution < 1.29 is 14.3 Å². The molecule has 5 nitrogen and oxygen atoms in total. The third kappa shape index (κ3) is 3.94. The first-order valence-corrected chi connectivity index (χ1v) is 8.59. The number of nitrogens with one attached hydrogen (secondary N) is 1. The summed E-state index contributed by atoms with van der Waals surface area (Å²) in [5.74, 6) is -0.197. The Morgan fingerprint density at radius 1 is 1.21 bits per heavy atom. The smallest absolute Gasteiger partial charge is 0.266 e. The van der Waals surface area contributed by atoms with Crippen LogP contribution in [-0.4, -0.2) is 17.9 Å². The van der Waals surface area contributed by atoms with Crippen LogP contribution in [-0.2, 0) is 4.79 Å². The van der Waals surface area contributed by atoms with E-state index >= 15 is 0 Å². The SMILES string of the molecule is CCC(Oc1ccc(C)cc1)C(=O)Nc1sc(C)c(C)c1C(N)=O. The number of amides is 2. The second kappa shape index (κ2) is 7.49. The van der Waals surface area contributed by atoms with E-state index in [-0.39, 0.29) is 5.91 Å². The maximum absolute atomic E-state index is 12.5. The summed E-state index contributed by atoms with van der Waals surface area (Å²) in [6, 6.07) is 7.52. The van der Waals surface area contributed by atoms with Gasteiger partial charge in [0.2, 0.25) is 0 Å². The van der Waals surface area contributed by atoms with Gasteiger partial charge in [-0.25, -0.2) is 0 Å². The van der Waals surface area contributed by atoms with E-state index < -0.39 is 12.0 Å². The van der Waals surface area contributed by atoms with Gasteiger partial charge in [0.15, 0.2) is 6.10 Å². The van der Waals surface area contributed by atoms with Gasteiger partial charge >= 0.3 is 0 Å². The van der Waals surface area contributed by atoms with Gasteiger partial charge in [0, 0.05) is 4.88 Å². The molecular weight excluding hydrogens is 324 g/mol. The van der Waals surface area contributed by atoms with Gasteiger partial charge in [0.25, 0.3) is 11.8 Å². The average molecular weight is 346 g/mol. The Morgan fingerprint density at radius 3 is 2.38 bits per heavy atom. The minimum absolute atomic E-state index is 0.290. The van der Waals surface area contributed by atoms with E-state index in [0.717, 1.165) is 16.0 Å². The number of hydrogen-bond acceptors (Lipinski definition) is 4. The molecule has 0 aliphatic heterocycles. The molecule has 0 aliphatic rings. The standard InChI is InChI=1S/C18H22N2O3S/c1-5-14(23-13-8-6-10(2)7-9-13)17(22)20-18-15(16(19)21)11(3)12(4)24-18/h6-9,14H,5H2,1-4H3,(H2,19,21)(H,20,22). The van der Waals surface area contributed by atoms with Gasteiger partial charge < -0.3 is 15.8 Å². The molecule has 0 aliphatic carbocycles. The average Bonchev–Trinajstić information content (AvgIpc) is 2.80. The summed E-state index contributed by atoms with van der Waals surface area (Å²) in [4.78, 5) is 25.1. The van der Waals surface area contributed by atoms with E-state index in [9.17, 15) is 9.59 Å². The van der Waals surface area contributed by atoms with Gasteiger partial charge in [-0.3, -0.25) is 9.59 Å². The van der Waals surface area contributed by atoms with Crippen LogP contribution >= 0.6 is 11.3 Å². The molecule has 0 radical (unpaired) electrons. The van der Waals surface area contributed by atoms with Crippen molar-refractivity contribution in [1.82, 2.24) is 0 Å². The fourth-order valence-corrected chi connectivity index (χ4v) is 3.38. The van der Waals surface area contributed by atoms with Gasteiger partial charge in [-0.15, -0.1) is 11.3 Å². The summed E-state index contributed by atoms with van der Waals surface area (Å²) in [6.07, 6.45) is -0.134. The Balaban J connectivity index is 2.16. The minimum atomic E-state index is -0.642. The summed E-state index contributed by atoms with van der Waals surface area (Å²) >= 11 is 1.35. The molecule has 1 unspecified atom stereocenters. The summed E-state index contributed by atoms with van der Waals surface area (Å²) in [7, 11) is 0. The molecule has 1 aromatic heterocycles. The van der Waals surface area contributed by atoms with Gasteiger partial charge in [0.1, 0.15) is 10.8 Å². The Labute approximate surface area is 145 Å². The van der Waals surface area contributed by atoms with Crippen LogP contribution in [0.2, 0.25) is 0 Å². The zero-order valence-corrected chi connectivity index (χ0v) is 15.1. The predicted octanol–water partition coefficient (Wildman–Crippen LogP) is 3.57. The Kier molecular flexibility index (Phi) is 5.62. The van der Waals surface area contributed by atoms with Crippen molar-refractivity contribution in [3.8, 4) is 5.75 Å². The van der Waals surface area contributed by atoms with E-state index in [4.69, 9.17) is 10.5 Å². The number of nitrogens with two attached hydrogens (primary N) is 1.